The molecule has 3 nitrogen and oxygen atoms in total. The molecule has 3 heteroatoms. The van der Waals surface area contributed by atoms with Crippen LogP contribution in [0.2, 0.25) is 0 Å². The molecule has 68 valence electrons. The Balaban J connectivity index is 2.95. The highest BCUT2D eigenvalue weighted by molar-refractivity contribution is 5.73. The summed E-state index contributed by atoms with van der Waals surface area (Å²) in [6.07, 6.45) is 0.674. The van der Waals surface area contributed by atoms with Gasteiger partial charge in [0, 0.05) is 5.69 Å². The van der Waals surface area contributed by atoms with E-state index >= 15 is 0 Å². The topological polar surface area (TPSA) is 41.5 Å². The van der Waals surface area contributed by atoms with Crippen molar-refractivity contribution in [2.24, 2.45) is 4.99 Å². The predicted molar refractivity (Wildman–Crippen MR) is 54.1 cm³/mol. The van der Waals surface area contributed by atoms with E-state index in [1.165, 1.54) is 0 Å². The summed E-state index contributed by atoms with van der Waals surface area (Å²) in [6, 6.07) is 5.82. The Morgan fingerprint density at radius 1 is 1.62 bits per heavy atom. The average molecular weight is 176 g/mol. The minimum absolute atomic E-state index is 0.577. The van der Waals surface area contributed by atoms with Crippen LogP contribution in [-0.2, 0) is 11.3 Å². The molecular formula is C10H12N2O. The van der Waals surface area contributed by atoms with Crippen LogP contribution in [0.5, 0.6) is 0 Å². The van der Waals surface area contributed by atoms with Gasteiger partial charge in [-0.15, -0.1) is 0 Å². The quantitative estimate of drug-likeness (QED) is 0.551. The Labute approximate surface area is 77.5 Å². The molecule has 13 heavy (non-hydrogen) atoms. The van der Waals surface area contributed by atoms with E-state index in [-0.39, 0.29) is 0 Å². The van der Waals surface area contributed by atoms with E-state index in [1.807, 2.05) is 25.1 Å². The van der Waals surface area contributed by atoms with Crippen LogP contribution < -0.4 is 5.32 Å². The van der Waals surface area contributed by atoms with Crippen molar-refractivity contribution in [1.29, 1.82) is 0 Å². The van der Waals surface area contributed by atoms with Gasteiger partial charge in [0.25, 0.3) is 0 Å². The summed E-state index contributed by atoms with van der Waals surface area (Å²) >= 11 is 0. The molecule has 0 aliphatic carbocycles. The molecular weight excluding hydrogens is 164 g/mol. The van der Waals surface area contributed by atoms with Crippen LogP contribution >= 0.6 is 0 Å². The van der Waals surface area contributed by atoms with Crippen molar-refractivity contribution in [3.05, 3.63) is 29.3 Å². The number of carbonyl (C=O) groups excluding carboxylic acids is 1. The lowest BCUT2D eigenvalue weighted by Gasteiger charge is -2.05. The summed E-state index contributed by atoms with van der Waals surface area (Å²) < 4.78 is 0. The fraction of sp³-hybridized carbons (Fsp3) is 0.200. The lowest BCUT2D eigenvalue weighted by atomic mass is 10.1. The van der Waals surface area contributed by atoms with E-state index in [0.29, 0.717) is 13.0 Å². The van der Waals surface area contributed by atoms with Gasteiger partial charge in [-0.25, -0.2) is 0 Å². The van der Waals surface area contributed by atoms with E-state index in [9.17, 15) is 4.79 Å². The number of aryl methyl sites for hydroxylation is 1. The third kappa shape index (κ3) is 2.40. The van der Waals surface area contributed by atoms with Gasteiger partial charge in [0.15, 0.2) is 0 Å². The second-order valence-corrected chi connectivity index (χ2v) is 2.79. The molecule has 0 aliphatic heterocycles. The molecule has 0 radical (unpaired) electrons. The third-order valence-electron chi connectivity index (χ3n) is 1.81. The number of anilines is 1. The zero-order chi connectivity index (χ0) is 9.68. The van der Waals surface area contributed by atoms with Crippen molar-refractivity contribution < 1.29 is 4.79 Å². The van der Waals surface area contributed by atoms with E-state index in [2.05, 4.69) is 17.0 Å². The molecule has 1 N–H and O–H groups in total. The van der Waals surface area contributed by atoms with Crippen LogP contribution in [0.4, 0.5) is 5.69 Å². The minimum Gasteiger partial charge on any atom is -0.328 e. The average Bonchev–Trinajstić information content (AvgIpc) is 2.12. The zero-order valence-corrected chi connectivity index (χ0v) is 7.58. The maximum Gasteiger partial charge on any atom is 0.211 e. The molecule has 0 unspecified atom stereocenters. The van der Waals surface area contributed by atoms with Gasteiger partial charge in [0.2, 0.25) is 6.41 Å². The molecule has 0 aliphatic rings. The number of carbonyl (C=O) groups is 1. The Hall–Kier alpha value is -1.64. The van der Waals surface area contributed by atoms with Crippen molar-refractivity contribution in [3.8, 4) is 0 Å². The maximum absolute atomic E-state index is 10.2. The first-order valence-corrected chi connectivity index (χ1v) is 4.00. The molecule has 0 bridgehead atoms. The van der Waals surface area contributed by atoms with Crippen molar-refractivity contribution in [3.63, 3.8) is 0 Å². The molecule has 1 amide bonds. The Kier molecular flexibility index (Phi) is 3.20. The summed E-state index contributed by atoms with van der Waals surface area (Å²) in [7, 11) is 0. The van der Waals surface area contributed by atoms with E-state index in [4.69, 9.17) is 0 Å². The van der Waals surface area contributed by atoms with Crippen molar-refractivity contribution in [1.82, 2.24) is 0 Å². The number of hydrogen-bond donors (Lipinski definition) is 1. The normalized spacial score (nSPS) is 9.31. The van der Waals surface area contributed by atoms with Crippen molar-refractivity contribution in [2.45, 2.75) is 13.5 Å². The standard InChI is InChI=1S/C10H12N2O/c1-8-3-4-9(6-11-2)5-10(8)12-7-13/h3-5,7H,2,6H2,1H3,(H,12,13). The van der Waals surface area contributed by atoms with Gasteiger partial charge in [-0.1, -0.05) is 12.1 Å². The first-order chi connectivity index (χ1) is 6.27. The first kappa shape index (κ1) is 9.45. The number of rotatable bonds is 4. The molecule has 0 saturated carbocycles. The lowest BCUT2D eigenvalue weighted by Crippen LogP contribution is -1.97. The summed E-state index contributed by atoms with van der Waals surface area (Å²) in [6.45, 7) is 5.93. The molecule has 0 fully saturated rings. The molecule has 0 aromatic heterocycles. The van der Waals surface area contributed by atoms with Gasteiger partial charge in [0.05, 0.1) is 6.54 Å². The minimum atomic E-state index is 0.577. The number of benzene rings is 1. The number of amides is 1. The predicted octanol–water partition coefficient (Wildman–Crippen LogP) is 1.76. The second-order valence-electron chi connectivity index (χ2n) is 2.79. The van der Waals surface area contributed by atoms with Gasteiger partial charge >= 0.3 is 0 Å². The van der Waals surface area contributed by atoms with Crippen LogP contribution in [0.3, 0.4) is 0 Å². The zero-order valence-electron chi connectivity index (χ0n) is 7.58. The molecule has 1 aromatic carbocycles. The van der Waals surface area contributed by atoms with Crippen LogP contribution in [0, 0.1) is 6.92 Å². The van der Waals surface area contributed by atoms with E-state index < -0.39 is 0 Å². The lowest BCUT2D eigenvalue weighted by molar-refractivity contribution is -0.105. The molecule has 1 aromatic rings. The highest BCUT2D eigenvalue weighted by Gasteiger charge is 1.98. The van der Waals surface area contributed by atoms with E-state index in [1.54, 1.807) is 0 Å². The Morgan fingerprint density at radius 3 is 3.00 bits per heavy atom. The molecule has 1 rings (SSSR count). The van der Waals surface area contributed by atoms with Crippen LogP contribution in [0.25, 0.3) is 0 Å². The third-order valence-corrected chi connectivity index (χ3v) is 1.81. The Morgan fingerprint density at radius 2 is 2.38 bits per heavy atom. The van der Waals surface area contributed by atoms with Gasteiger partial charge < -0.3 is 5.32 Å². The van der Waals surface area contributed by atoms with Crippen LogP contribution in [-0.4, -0.2) is 13.1 Å². The monoisotopic (exact) mass is 176 g/mol. The highest BCUT2D eigenvalue weighted by atomic mass is 16.1. The van der Waals surface area contributed by atoms with Crippen molar-refractivity contribution >= 4 is 18.8 Å². The van der Waals surface area contributed by atoms with Gasteiger partial charge in [-0.3, -0.25) is 9.79 Å². The molecule has 0 saturated heterocycles. The second kappa shape index (κ2) is 4.40. The fourth-order valence-corrected chi connectivity index (χ4v) is 1.12. The van der Waals surface area contributed by atoms with Gasteiger partial charge in [0.1, 0.15) is 0 Å². The molecule has 0 spiro atoms. The number of hydrogen-bond acceptors (Lipinski definition) is 2. The van der Waals surface area contributed by atoms with Gasteiger partial charge in [-0.2, -0.15) is 0 Å². The first-order valence-electron chi connectivity index (χ1n) is 4.00. The van der Waals surface area contributed by atoms with Crippen LogP contribution in [0.15, 0.2) is 23.2 Å². The number of aliphatic imine (C=N–C) groups is 1. The summed E-state index contributed by atoms with van der Waals surface area (Å²) in [5, 5.41) is 2.63. The number of nitrogens with zero attached hydrogens (tertiary/aromatic N) is 1. The Bertz CT molecular complexity index is 321. The van der Waals surface area contributed by atoms with Crippen molar-refractivity contribution in [2.75, 3.05) is 5.32 Å². The number of nitrogens with one attached hydrogen (secondary N) is 1. The largest absolute Gasteiger partial charge is 0.328 e. The summed E-state index contributed by atoms with van der Waals surface area (Å²) in [5.41, 5.74) is 2.92. The highest BCUT2D eigenvalue weighted by Crippen LogP contribution is 2.16. The van der Waals surface area contributed by atoms with Gasteiger partial charge in [-0.05, 0) is 30.8 Å². The summed E-state index contributed by atoms with van der Waals surface area (Å²) in [4.78, 5) is 14.0. The maximum atomic E-state index is 10.2. The van der Waals surface area contributed by atoms with E-state index in [0.717, 1.165) is 16.8 Å². The molecule has 0 heterocycles. The molecule has 0 atom stereocenters. The smallest absolute Gasteiger partial charge is 0.211 e. The van der Waals surface area contributed by atoms with Crippen LogP contribution in [0.1, 0.15) is 11.1 Å². The summed E-state index contributed by atoms with van der Waals surface area (Å²) in [5.74, 6) is 0. The fourth-order valence-electron chi connectivity index (χ4n) is 1.12. The SMILES string of the molecule is C=NCc1ccc(C)c(NC=O)c1.